The van der Waals surface area contributed by atoms with Gasteiger partial charge in [-0.05, 0) is 11.6 Å². The zero-order valence-corrected chi connectivity index (χ0v) is 10.8. The molecule has 1 aromatic carbocycles. The predicted molar refractivity (Wildman–Crippen MR) is 69.6 cm³/mol. The molecule has 0 radical (unpaired) electrons. The van der Waals surface area contributed by atoms with Crippen molar-refractivity contribution < 1.29 is 14.4 Å². The molecule has 0 atom stereocenters. The van der Waals surface area contributed by atoms with Crippen molar-refractivity contribution in [1.82, 2.24) is 9.80 Å². The van der Waals surface area contributed by atoms with E-state index in [-0.39, 0.29) is 18.1 Å². The van der Waals surface area contributed by atoms with E-state index in [0.29, 0.717) is 0 Å². The van der Waals surface area contributed by atoms with Crippen LogP contribution in [-0.2, 0) is 14.4 Å². The van der Waals surface area contributed by atoms with Gasteiger partial charge in [-0.3, -0.25) is 19.3 Å². The number of likely N-dealkylation sites (N-methyl/N-ethyl adjacent to an activating group) is 1. The van der Waals surface area contributed by atoms with Gasteiger partial charge in [0.2, 0.25) is 11.8 Å². The zero-order chi connectivity index (χ0) is 14.0. The molecule has 0 bridgehead atoms. The van der Waals surface area contributed by atoms with Crippen molar-refractivity contribution in [3.05, 3.63) is 41.6 Å². The van der Waals surface area contributed by atoms with Gasteiger partial charge in [0.1, 0.15) is 12.2 Å². The molecule has 2 rings (SSSR count). The SMILES string of the molecule is CC(=O)N1CC(=O)N(C)/C(=C/c2ccccc2)C1=O. The average Bonchev–Trinajstić information content (AvgIpc) is 2.40. The lowest BCUT2D eigenvalue weighted by atomic mass is 10.1. The average molecular weight is 258 g/mol. The van der Waals surface area contributed by atoms with Crippen molar-refractivity contribution in [2.45, 2.75) is 6.92 Å². The van der Waals surface area contributed by atoms with Crippen molar-refractivity contribution in [2.24, 2.45) is 0 Å². The van der Waals surface area contributed by atoms with E-state index in [0.717, 1.165) is 10.5 Å². The smallest absolute Gasteiger partial charge is 0.277 e. The number of piperazine rings is 1. The molecule has 0 spiro atoms. The summed E-state index contributed by atoms with van der Waals surface area (Å²) in [6.07, 6.45) is 1.61. The van der Waals surface area contributed by atoms with Crippen LogP contribution in [0.3, 0.4) is 0 Å². The molecule has 0 unspecified atom stereocenters. The fraction of sp³-hybridized carbons (Fsp3) is 0.214. The third-order valence-electron chi connectivity index (χ3n) is 2.98. The van der Waals surface area contributed by atoms with Crippen LogP contribution in [0.5, 0.6) is 0 Å². The molecule has 5 heteroatoms. The van der Waals surface area contributed by atoms with Crippen LogP contribution < -0.4 is 0 Å². The fourth-order valence-corrected chi connectivity index (χ4v) is 1.85. The highest BCUT2D eigenvalue weighted by molar-refractivity contribution is 6.12. The maximum absolute atomic E-state index is 12.2. The Balaban J connectivity index is 2.41. The Morgan fingerprint density at radius 3 is 2.42 bits per heavy atom. The molecule has 1 aliphatic heterocycles. The maximum atomic E-state index is 12.2. The van der Waals surface area contributed by atoms with Gasteiger partial charge in [0, 0.05) is 14.0 Å². The van der Waals surface area contributed by atoms with Crippen molar-refractivity contribution in [2.75, 3.05) is 13.6 Å². The number of hydrogen-bond acceptors (Lipinski definition) is 3. The van der Waals surface area contributed by atoms with Crippen LogP contribution >= 0.6 is 0 Å². The van der Waals surface area contributed by atoms with Gasteiger partial charge in [-0.2, -0.15) is 0 Å². The van der Waals surface area contributed by atoms with Crippen LogP contribution in [0.2, 0.25) is 0 Å². The maximum Gasteiger partial charge on any atom is 0.277 e. The van der Waals surface area contributed by atoms with Gasteiger partial charge < -0.3 is 4.90 Å². The highest BCUT2D eigenvalue weighted by atomic mass is 16.2. The van der Waals surface area contributed by atoms with E-state index in [1.807, 2.05) is 30.3 Å². The minimum atomic E-state index is -0.446. The summed E-state index contributed by atoms with van der Waals surface area (Å²) in [5.41, 5.74) is 1.01. The number of amides is 3. The summed E-state index contributed by atoms with van der Waals surface area (Å²) in [5, 5.41) is 0. The minimum Gasteiger partial charge on any atom is -0.309 e. The monoisotopic (exact) mass is 258 g/mol. The summed E-state index contributed by atoms with van der Waals surface area (Å²) < 4.78 is 0. The van der Waals surface area contributed by atoms with E-state index < -0.39 is 11.8 Å². The van der Waals surface area contributed by atoms with Crippen LogP contribution in [0, 0.1) is 0 Å². The molecule has 0 aliphatic carbocycles. The summed E-state index contributed by atoms with van der Waals surface area (Å²) in [6.45, 7) is 1.08. The molecule has 1 heterocycles. The Morgan fingerprint density at radius 1 is 1.21 bits per heavy atom. The summed E-state index contributed by atoms with van der Waals surface area (Å²) >= 11 is 0. The van der Waals surface area contributed by atoms with Gasteiger partial charge in [0.05, 0.1) is 0 Å². The fourth-order valence-electron chi connectivity index (χ4n) is 1.85. The lowest BCUT2D eigenvalue weighted by molar-refractivity contribution is -0.151. The van der Waals surface area contributed by atoms with Crippen LogP contribution in [0.25, 0.3) is 6.08 Å². The minimum absolute atomic E-state index is 0.198. The molecule has 1 saturated heterocycles. The molecule has 1 aromatic rings. The van der Waals surface area contributed by atoms with Crippen LogP contribution in [0.15, 0.2) is 36.0 Å². The molecule has 3 amide bonds. The molecule has 5 nitrogen and oxygen atoms in total. The molecule has 1 fully saturated rings. The predicted octanol–water partition coefficient (Wildman–Crippen LogP) is 0.875. The Kier molecular flexibility index (Phi) is 3.46. The number of rotatable bonds is 1. The Hall–Kier alpha value is -2.43. The Labute approximate surface area is 111 Å². The molecule has 98 valence electrons. The van der Waals surface area contributed by atoms with Crippen molar-refractivity contribution in [3.8, 4) is 0 Å². The van der Waals surface area contributed by atoms with Crippen LogP contribution in [0.4, 0.5) is 0 Å². The summed E-state index contributed by atoms with van der Waals surface area (Å²) in [6, 6.07) is 9.19. The number of nitrogens with zero attached hydrogens (tertiary/aromatic N) is 2. The summed E-state index contributed by atoms with van der Waals surface area (Å²) in [5.74, 6) is -1.15. The van der Waals surface area contributed by atoms with Crippen molar-refractivity contribution in [3.63, 3.8) is 0 Å². The topological polar surface area (TPSA) is 57.7 Å². The highest BCUT2D eigenvalue weighted by Crippen LogP contribution is 2.17. The second kappa shape index (κ2) is 5.06. The van der Waals surface area contributed by atoms with Gasteiger partial charge in [-0.25, -0.2) is 0 Å². The second-order valence-corrected chi connectivity index (χ2v) is 4.30. The molecular formula is C14H14N2O3. The molecule has 0 aromatic heterocycles. The van der Waals surface area contributed by atoms with E-state index in [9.17, 15) is 14.4 Å². The molecule has 1 aliphatic rings. The number of benzene rings is 1. The molecule has 0 N–H and O–H groups in total. The Bertz CT molecular complexity index is 563. The van der Waals surface area contributed by atoms with Gasteiger partial charge in [-0.1, -0.05) is 30.3 Å². The highest BCUT2D eigenvalue weighted by Gasteiger charge is 2.34. The zero-order valence-electron chi connectivity index (χ0n) is 10.8. The van der Waals surface area contributed by atoms with Crippen molar-refractivity contribution >= 4 is 23.8 Å². The van der Waals surface area contributed by atoms with E-state index in [1.54, 1.807) is 6.08 Å². The number of carbonyl (C=O) groups excluding carboxylic acids is 3. The standard InChI is InChI=1S/C14H14N2O3/c1-10(17)16-9-13(18)15(2)12(14(16)19)8-11-6-4-3-5-7-11/h3-8H,9H2,1-2H3/b12-8+. The van der Waals surface area contributed by atoms with Gasteiger partial charge in [-0.15, -0.1) is 0 Å². The second-order valence-electron chi connectivity index (χ2n) is 4.30. The number of imide groups is 1. The summed E-state index contributed by atoms with van der Waals surface area (Å²) in [7, 11) is 1.53. The number of hydrogen-bond donors (Lipinski definition) is 0. The third kappa shape index (κ3) is 2.54. The van der Waals surface area contributed by atoms with Gasteiger partial charge in [0.25, 0.3) is 5.91 Å². The first kappa shape index (κ1) is 13.0. The number of carbonyl (C=O) groups is 3. The molecule has 19 heavy (non-hydrogen) atoms. The first-order chi connectivity index (χ1) is 9.00. The lowest BCUT2D eigenvalue weighted by Crippen LogP contribution is -2.52. The molecule has 0 saturated carbocycles. The van der Waals surface area contributed by atoms with E-state index in [2.05, 4.69) is 0 Å². The van der Waals surface area contributed by atoms with E-state index in [1.165, 1.54) is 18.9 Å². The first-order valence-electron chi connectivity index (χ1n) is 5.86. The van der Waals surface area contributed by atoms with E-state index in [4.69, 9.17) is 0 Å². The summed E-state index contributed by atoms with van der Waals surface area (Å²) in [4.78, 5) is 37.6. The van der Waals surface area contributed by atoms with Gasteiger partial charge in [0.15, 0.2) is 0 Å². The van der Waals surface area contributed by atoms with Crippen LogP contribution in [0.1, 0.15) is 12.5 Å². The third-order valence-corrected chi connectivity index (χ3v) is 2.98. The normalized spacial score (nSPS) is 18.1. The first-order valence-corrected chi connectivity index (χ1v) is 5.86. The van der Waals surface area contributed by atoms with E-state index >= 15 is 0 Å². The quantitative estimate of drug-likeness (QED) is 0.702. The molecular weight excluding hydrogens is 244 g/mol. The largest absolute Gasteiger partial charge is 0.309 e. The Morgan fingerprint density at radius 2 is 1.84 bits per heavy atom. The lowest BCUT2D eigenvalue weighted by Gasteiger charge is -2.31. The van der Waals surface area contributed by atoms with Gasteiger partial charge >= 0.3 is 0 Å². The van der Waals surface area contributed by atoms with Crippen molar-refractivity contribution in [1.29, 1.82) is 0 Å². The van der Waals surface area contributed by atoms with Crippen LogP contribution in [-0.4, -0.2) is 41.1 Å².